The third kappa shape index (κ3) is 4.96. The van der Waals surface area contributed by atoms with Crippen LogP contribution in [-0.4, -0.2) is 28.6 Å². The molecule has 5 nitrogen and oxygen atoms in total. The minimum absolute atomic E-state index is 0.0344. The molecular formula is C18H20F2N2O3. The Morgan fingerprint density at radius 3 is 2.60 bits per heavy atom. The molecule has 0 aliphatic rings. The van der Waals surface area contributed by atoms with Crippen LogP contribution in [0.25, 0.3) is 0 Å². The minimum Gasteiger partial charge on any atom is -0.475 e. The summed E-state index contributed by atoms with van der Waals surface area (Å²) in [6, 6.07) is 5.98. The lowest BCUT2D eigenvalue weighted by atomic mass is 9.95. The van der Waals surface area contributed by atoms with Crippen LogP contribution in [0, 0.1) is 11.6 Å². The summed E-state index contributed by atoms with van der Waals surface area (Å²) in [5.74, 6) is -1.70. The lowest BCUT2D eigenvalue weighted by Crippen LogP contribution is -2.39. The van der Waals surface area contributed by atoms with Crippen LogP contribution in [0.1, 0.15) is 36.7 Å². The normalized spacial score (nSPS) is 13.4. The summed E-state index contributed by atoms with van der Waals surface area (Å²) in [5.41, 5.74) is -1.53. The molecule has 1 aromatic carbocycles. The number of benzene rings is 1. The van der Waals surface area contributed by atoms with Gasteiger partial charge in [0.05, 0.1) is 18.2 Å². The van der Waals surface area contributed by atoms with E-state index >= 15 is 0 Å². The Balaban J connectivity index is 2.03. The molecule has 2 aromatic rings. The number of halogens is 2. The van der Waals surface area contributed by atoms with Crippen LogP contribution in [0.5, 0.6) is 5.88 Å². The van der Waals surface area contributed by atoms with Gasteiger partial charge in [0.2, 0.25) is 5.88 Å². The average Bonchev–Trinajstić information content (AvgIpc) is 2.52. The molecule has 2 N–H and O–H groups in total. The maximum absolute atomic E-state index is 13.8. The molecule has 1 amide bonds. The summed E-state index contributed by atoms with van der Waals surface area (Å²) < 4.78 is 32.2. The standard InChI is InChI=1S/C18H20F2N2O3/c1-11(2)25-16-7-4-12(9-21-16)17(23)22-10-18(3,24)14-6-5-13(19)8-15(14)20/h4-9,11,24H,10H2,1-3H3,(H,22,23). The van der Waals surface area contributed by atoms with E-state index in [4.69, 9.17) is 4.74 Å². The van der Waals surface area contributed by atoms with Gasteiger partial charge in [0.25, 0.3) is 5.91 Å². The van der Waals surface area contributed by atoms with Gasteiger partial charge in [0, 0.05) is 23.9 Å². The van der Waals surface area contributed by atoms with Crippen molar-refractivity contribution < 1.29 is 23.4 Å². The van der Waals surface area contributed by atoms with Crippen molar-refractivity contribution in [3.8, 4) is 5.88 Å². The zero-order valence-corrected chi connectivity index (χ0v) is 14.2. The van der Waals surface area contributed by atoms with Gasteiger partial charge in [-0.05, 0) is 32.9 Å². The van der Waals surface area contributed by atoms with Gasteiger partial charge in [-0.15, -0.1) is 0 Å². The quantitative estimate of drug-likeness (QED) is 0.840. The van der Waals surface area contributed by atoms with Crippen molar-refractivity contribution in [2.45, 2.75) is 32.5 Å². The minimum atomic E-state index is -1.69. The SMILES string of the molecule is CC(C)Oc1ccc(C(=O)NCC(C)(O)c2ccc(F)cc2F)cn1. The van der Waals surface area contributed by atoms with E-state index in [1.54, 1.807) is 6.07 Å². The number of pyridine rings is 1. The molecule has 0 saturated carbocycles. The number of rotatable bonds is 6. The smallest absolute Gasteiger partial charge is 0.252 e. The average molecular weight is 350 g/mol. The summed E-state index contributed by atoms with van der Waals surface area (Å²) in [4.78, 5) is 16.2. The molecule has 0 saturated heterocycles. The monoisotopic (exact) mass is 350 g/mol. The summed E-state index contributed by atoms with van der Waals surface area (Å²) in [5, 5.41) is 12.9. The first-order valence-corrected chi connectivity index (χ1v) is 7.78. The van der Waals surface area contributed by atoms with Crippen molar-refractivity contribution >= 4 is 5.91 Å². The van der Waals surface area contributed by atoms with Gasteiger partial charge in [-0.1, -0.05) is 6.07 Å². The van der Waals surface area contributed by atoms with Crippen molar-refractivity contribution in [1.29, 1.82) is 0 Å². The Hall–Kier alpha value is -2.54. The topological polar surface area (TPSA) is 71.5 Å². The number of nitrogens with one attached hydrogen (secondary N) is 1. The summed E-state index contributed by atoms with van der Waals surface area (Å²) in [6.45, 7) is 4.80. The molecule has 1 atom stereocenters. The van der Waals surface area contributed by atoms with Crippen LogP contribution in [0.3, 0.4) is 0 Å². The molecule has 1 unspecified atom stereocenters. The van der Waals surface area contributed by atoms with E-state index in [1.165, 1.54) is 19.2 Å². The molecule has 0 radical (unpaired) electrons. The predicted molar refractivity (Wildman–Crippen MR) is 88.3 cm³/mol. The second kappa shape index (κ2) is 7.57. The van der Waals surface area contributed by atoms with Crippen molar-refractivity contribution in [1.82, 2.24) is 10.3 Å². The lowest BCUT2D eigenvalue weighted by molar-refractivity contribution is 0.0494. The molecular weight excluding hydrogens is 330 g/mol. The van der Waals surface area contributed by atoms with Crippen LogP contribution in [0.15, 0.2) is 36.5 Å². The highest BCUT2D eigenvalue weighted by atomic mass is 19.1. The fourth-order valence-electron chi connectivity index (χ4n) is 2.20. The molecule has 0 bridgehead atoms. The van der Waals surface area contributed by atoms with Crippen LogP contribution in [0.4, 0.5) is 8.78 Å². The van der Waals surface area contributed by atoms with Crippen LogP contribution in [0.2, 0.25) is 0 Å². The molecule has 7 heteroatoms. The number of aromatic nitrogens is 1. The number of carbonyl (C=O) groups is 1. The van der Waals surface area contributed by atoms with Gasteiger partial charge in [0.1, 0.15) is 17.2 Å². The van der Waals surface area contributed by atoms with E-state index in [0.29, 0.717) is 11.9 Å². The van der Waals surface area contributed by atoms with E-state index in [0.717, 1.165) is 12.1 Å². The predicted octanol–water partition coefficient (Wildman–Crippen LogP) is 2.78. The second-order valence-electron chi connectivity index (χ2n) is 6.13. The summed E-state index contributed by atoms with van der Waals surface area (Å²) in [7, 11) is 0. The third-order valence-electron chi connectivity index (χ3n) is 3.46. The van der Waals surface area contributed by atoms with E-state index in [9.17, 15) is 18.7 Å². The molecule has 134 valence electrons. The Kier molecular flexibility index (Phi) is 5.69. The number of hydrogen-bond acceptors (Lipinski definition) is 4. The van der Waals surface area contributed by atoms with Crippen LogP contribution < -0.4 is 10.1 Å². The zero-order valence-electron chi connectivity index (χ0n) is 14.2. The summed E-state index contributed by atoms with van der Waals surface area (Å²) >= 11 is 0. The largest absolute Gasteiger partial charge is 0.475 e. The molecule has 0 aliphatic carbocycles. The highest BCUT2D eigenvalue weighted by Crippen LogP contribution is 2.23. The van der Waals surface area contributed by atoms with Gasteiger partial charge in [-0.3, -0.25) is 4.79 Å². The number of hydrogen-bond donors (Lipinski definition) is 2. The summed E-state index contributed by atoms with van der Waals surface area (Å²) in [6.07, 6.45) is 1.31. The first kappa shape index (κ1) is 18.8. The maximum atomic E-state index is 13.8. The van der Waals surface area contributed by atoms with Crippen molar-refractivity contribution in [2.75, 3.05) is 6.54 Å². The van der Waals surface area contributed by atoms with E-state index in [1.807, 2.05) is 13.8 Å². The van der Waals surface area contributed by atoms with E-state index < -0.39 is 23.1 Å². The third-order valence-corrected chi connectivity index (χ3v) is 3.46. The van der Waals surface area contributed by atoms with Crippen molar-refractivity contribution in [3.63, 3.8) is 0 Å². The zero-order chi connectivity index (χ0) is 18.6. The van der Waals surface area contributed by atoms with Gasteiger partial charge in [-0.2, -0.15) is 0 Å². The fraction of sp³-hybridized carbons (Fsp3) is 0.333. The Labute approximate surface area is 144 Å². The van der Waals surface area contributed by atoms with Crippen molar-refractivity contribution in [2.24, 2.45) is 0 Å². The second-order valence-corrected chi connectivity index (χ2v) is 6.13. The lowest BCUT2D eigenvalue weighted by Gasteiger charge is -2.24. The molecule has 1 heterocycles. The molecule has 0 aliphatic heterocycles. The maximum Gasteiger partial charge on any atom is 0.252 e. The van der Waals surface area contributed by atoms with Gasteiger partial charge < -0.3 is 15.2 Å². The number of ether oxygens (including phenoxy) is 1. The van der Waals surface area contributed by atoms with Gasteiger partial charge >= 0.3 is 0 Å². The number of aliphatic hydroxyl groups is 1. The number of nitrogens with zero attached hydrogens (tertiary/aromatic N) is 1. The molecule has 2 rings (SSSR count). The highest BCUT2D eigenvalue weighted by Gasteiger charge is 2.27. The molecule has 0 fully saturated rings. The fourth-order valence-corrected chi connectivity index (χ4v) is 2.20. The van der Waals surface area contributed by atoms with Gasteiger partial charge in [0.15, 0.2) is 0 Å². The first-order chi connectivity index (χ1) is 11.7. The number of carbonyl (C=O) groups excluding carboxylic acids is 1. The molecule has 1 aromatic heterocycles. The van der Waals surface area contributed by atoms with Gasteiger partial charge in [-0.25, -0.2) is 13.8 Å². The molecule has 0 spiro atoms. The Bertz CT molecular complexity index is 746. The van der Waals surface area contributed by atoms with Crippen molar-refractivity contribution in [3.05, 3.63) is 59.3 Å². The van der Waals surface area contributed by atoms with E-state index in [-0.39, 0.29) is 23.8 Å². The Morgan fingerprint density at radius 2 is 2.04 bits per heavy atom. The first-order valence-electron chi connectivity index (χ1n) is 7.78. The highest BCUT2D eigenvalue weighted by molar-refractivity contribution is 5.93. The van der Waals surface area contributed by atoms with E-state index in [2.05, 4.69) is 10.3 Å². The number of amides is 1. The van der Waals surface area contributed by atoms with Crippen LogP contribution >= 0.6 is 0 Å². The van der Waals surface area contributed by atoms with Crippen LogP contribution in [-0.2, 0) is 5.60 Å². The molecule has 25 heavy (non-hydrogen) atoms. The Morgan fingerprint density at radius 1 is 1.32 bits per heavy atom.